The summed E-state index contributed by atoms with van der Waals surface area (Å²) in [7, 11) is 3.70. The average molecular weight is 477 g/mol. The maximum atomic E-state index is 14.8. The smallest absolute Gasteiger partial charge is 0.165 e. The first-order chi connectivity index (χ1) is 17.0. The van der Waals surface area contributed by atoms with Crippen molar-refractivity contribution in [3.8, 4) is 22.8 Å². The molecule has 1 unspecified atom stereocenters. The lowest BCUT2D eigenvalue weighted by Crippen LogP contribution is -2.45. The fraction of sp³-hybridized carbons (Fsp3) is 0.464. The predicted octanol–water partition coefficient (Wildman–Crippen LogP) is 4.18. The Labute approximate surface area is 206 Å². The van der Waals surface area contributed by atoms with Crippen molar-refractivity contribution in [2.45, 2.75) is 12.8 Å². The van der Waals surface area contributed by atoms with Crippen LogP contribution in [-0.4, -0.2) is 69.9 Å². The minimum atomic E-state index is -0.353. The number of nitrogens with zero attached hydrogens (tertiary/aromatic N) is 3. The van der Waals surface area contributed by atoms with Crippen LogP contribution in [0, 0.1) is 17.2 Å². The summed E-state index contributed by atoms with van der Waals surface area (Å²) in [5.74, 6) is 1.33. The van der Waals surface area contributed by atoms with E-state index >= 15 is 0 Å². The summed E-state index contributed by atoms with van der Waals surface area (Å²) >= 11 is 0. The molecule has 35 heavy (non-hydrogen) atoms. The Morgan fingerprint density at radius 1 is 1.09 bits per heavy atom. The third-order valence-corrected chi connectivity index (χ3v) is 7.97. The number of methoxy groups -OCH3 is 1. The quantitative estimate of drug-likeness (QED) is 0.576. The van der Waals surface area contributed by atoms with Crippen molar-refractivity contribution in [1.82, 2.24) is 15.2 Å². The summed E-state index contributed by atoms with van der Waals surface area (Å²) in [6.45, 7) is 7.03. The molecule has 3 fully saturated rings. The van der Waals surface area contributed by atoms with Gasteiger partial charge in [0.1, 0.15) is 5.75 Å². The zero-order valence-corrected chi connectivity index (χ0v) is 20.5. The van der Waals surface area contributed by atoms with Gasteiger partial charge in [-0.25, -0.2) is 9.37 Å². The Morgan fingerprint density at radius 3 is 2.57 bits per heavy atom. The highest BCUT2D eigenvalue weighted by atomic mass is 19.1. The third-order valence-electron chi connectivity index (χ3n) is 7.97. The van der Waals surface area contributed by atoms with Crippen LogP contribution in [0.2, 0.25) is 0 Å². The summed E-state index contributed by atoms with van der Waals surface area (Å²) in [6, 6.07) is 13.6. The van der Waals surface area contributed by atoms with Crippen molar-refractivity contribution >= 4 is 16.6 Å². The van der Waals surface area contributed by atoms with Crippen molar-refractivity contribution < 1.29 is 13.9 Å². The second-order valence-electron chi connectivity index (χ2n) is 10.5. The molecule has 2 aromatic carbocycles. The summed E-state index contributed by atoms with van der Waals surface area (Å²) in [5.41, 5.74) is 4.02. The van der Waals surface area contributed by atoms with Gasteiger partial charge in [0.05, 0.1) is 24.9 Å². The van der Waals surface area contributed by atoms with Crippen LogP contribution in [0.5, 0.6) is 11.5 Å². The molecule has 3 aromatic rings. The van der Waals surface area contributed by atoms with E-state index in [9.17, 15) is 4.39 Å². The number of pyridine rings is 1. The van der Waals surface area contributed by atoms with Crippen LogP contribution in [0.3, 0.4) is 0 Å². The monoisotopic (exact) mass is 476 g/mol. The zero-order chi connectivity index (χ0) is 24.0. The number of hydrogen-bond donors (Lipinski definition) is 1. The Bertz CT molecular complexity index is 1230. The molecule has 3 aliphatic heterocycles. The molecule has 0 bridgehead atoms. The summed E-state index contributed by atoms with van der Waals surface area (Å²) in [6.07, 6.45) is 2.38. The fourth-order valence-corrected chi connectivity index (χ4v) is 5.81. The van der Waals surface area contributed by atoms with E-state index in [1.807, 2.05) is 12.1 Å². The minimum Gasteiger partial charge on any atom is -0.494 e. The first-order valence-corrected chi connectivity index (χ1v) is 12.6. The Kier molecular flexibility index (Phi) is 5.77. The molecular formula is C28H33FN4O2. The van der Waals surface area contributed by atoms with Crippen molar-refractivity contribution in [3.63, 3.8) is 0 Å². The van der Waals surface area contributed by atoms with E-state index in [2.05, 4.69) is 40.4 Å². The van der Waals surface area contributed by atoms with Crippen LogP contribution in [0.1, 0.15) is 12.8 Å². The number of benzene rings is 2. The Balaban J connectivity index is 1.35. The minimum absolute atomic E-state index is 0.220. The summed E-state index contributed by atoms with van der Waals surface area (Å²) < 4.78 is 26.0. The highest BCUT2D eigenvalue weighted by Gasteiger charge is 2.42. The van der Waals surface area contributed by atoms with Crippen molar-refractivity contribution in [2.24, 2.45) is 11.3 Å². The van der Waals surface area contributed by atoms with E-state index in [4.69, 9.17) is 14.5 Å². The SMILES string of the molecule is COc1cc2nc(-c3ccc(OCC4CNC4)cc3)cc(N3CCC4(CCN(C)C4)C3)c2cc1F. The third kappa shape index (κ3) is 4.32. The maximum Gasteiger partial charge on any atom is 0.165 e. The van der Waals surface area contributed by atoms with Crippen molar-refractivity contribution in [3.05, 3.63) is 48.3 Å². The van der Waals surface area contributed by atoms with Gasteiger partial charge in [-0.05, 0) is 62.8 Å². The molecule has 3 saturated heterocycles. The van der Waals surface area contributed by atoms with Gasteiger partial charge in [0.15, 0.2) is 11.6 Å². The second-order valence-corrected chi connectivity index (χ2v) is 10.5. The number of fused-ring (bicyclic) bond motifs is 1. The van der Waals surface area contributed by atoms with Crippen molar-refractivity contribution in [1.29, 1.82) is 0 Å². The maximum absolute atomic E-state index is 14.8. The molecule has 0 amide bonds. The second kappa shape index (κ2) is 8.95. The molecule has 3 aliphatic rings. The number of hydrogen-bond acceptors (Lipinski definition) is 6. The average Bonchev–Trinajstić information content (AvgIpc) is 3.42. The van der Waals surface area contributed by atoms with Crippen LogP contribution in [0.25, 0.3) is 22.2 Å². The summed E-state index contributed by atoms with van der Waals surface area (Å²) in [4.78, 5) is 9.78. The van der Waals surface area contributed by atoms with Gasteiger partial charge in [-0.1, -0.05) is 0 Å². The first kappa shape index (κ1) is 22.6. The fourth-order valence-electron chi connectivity index (χ4n) is 5.81. The molecule has 1 N–H and O–H groups in total. The topological polar surface area (TPSA) is 49.9 Å². The molecule has 7 heteroatoms. The van der Waals surface area contributed by atoms with E-state index in [1.165, 1.54) is 13.5 Å². The molecule has 4 heterocycles. The molecule has 0 saturated carbocycles. The molecule has 1 atom stereocenters. The van der Waals surface area contributed by atoms with Gasteiger partial charge >= 0.3 is 0 Å². The van der Waals surface area contributed by atoms with E-state index in [0.29, 0.717) is 11.3 Å². The molecule has 6 nitrogen and oxygen atoms in total. The number of nitrogens with one attached hydrogen (secondary N) is 1. The molecule has 0 radical (unpaired) electrons. The van der Waals surface area contributed by atoms with Gasteiger partial charge in [0.25, 0.3) is 0 Å². The number of halogens is 1. The van der Waals surface area contributed by atoms with Crippen LogP contribution in [0.4, 0.5) is 10.1 Å². The van der Waals surface area contributed by atoms with Crippen molar-refractivity contribution in [2.75, 3.05) is 64.9 Å². The normalized spacial score (nSPS) is 22.8. The molecular weight excluding hydrogens is 443 g/mol. The van der Waals surface area contributed by atoms with Gasteiger partial charge in [0.2, 0.25) is 0 Å². The van der Waals surface area contributed by atoms with Crippen LogP contribution in [0.15, 0.2) is 42.5 Å². The molecule has 1 spiro atoms. The van der Waals surface area contributed by atoms with Gasteiger partial charge < -0.3 is 24.6 Å². The van der Waals surface area contributed by atoms with Crippen LogP contribution in [-0.2, 0) is 0 Å². The lowest BCUT2D eigenvalue weighted by Gasteiger charge is -2.27. The first-order valence-electron chi connectivity index (χ1n) is 12.6. The molecule has 6 rings (SSSR count). The van der Waals surface area contributed by atoms with E-state index in [1.54, 1.807) is 12.1 Å². The molecule has 184 valence electrons. The van der Waals surface area contributed by atoms with Gasteiger partial charge in [-0.15, -0.1) is 0 Å². The number of ether oxygens (including phenoxy) is 2. The Morgan fingerprint density at radius 2 is 1.89 bits per heavy atom. The highest BCUT2D eigenvalue weighted by molar-refractivity contribution is 5.95. The number of rotatable bonds is 6. The van der Waals surface area contributed by atoms with E-state index in [0.717, 1.165) is 85.9 Å². The molecule has 0 aliphatic carbocycles. The highest BCUT2D eigenvalue weighted by Crippen LogP contribution is 2.43. The molecule has 1 aromatic heterocycles. The van der Waals surface area contributed by atoms with Gasteiger partial charge in [0, 0.05) is 66.8 Å². The Hall–Kier alpha value is -2.90. The van der Waals surface area contributed by atoms with Gasteiger partial charge in [-0.2, -0.15) is 0 Å². The van der Waals surface area contributed by atoms with Crippen LogP contribution >= 0.6 is 0 Å². The predicted molar refractivity (Wildman–Crippen MR) is 137 cm³/mol. The van der Waals surface area contributed by atoms with Crippen LogP contribution < -0.4 is 19.7 Å². The number of anilines is 1. The van der Waals surface area contributed by atoms with E-state index < -0.39 is 0 Å². The van der Waals surface area contributed by atoms with E-state index in [-0.39, 0.29) is 11.6 Å². The number of aromatic nitrogens is 1. The standard InChI is InChI=1S/C28H33FN4O2/c1-32-9-7-28(17-32)8-10-33(18-28)26-12-24(31-25-13-27(34-2)23(29)11-22(25)26)20-3-5-21(6-4-20)35-16-19-14-30-15-19/h3-6,11-13,19,30H,7-10,14-18H2,1-2H3. The number of likely N-dealkylation sites (tertiary alicyclic amines) is 1. The zero-order valence-electron chi connectivity index (χ0n) is 20.5. The lowest BCUT2D eigenvalue weighted by molar-refractivity contribution is 0.199. The largest absolute Gasteiger partial charge is 0.494 e. The van der Waals surface area contributed by atoms with Gasteiger partial charge in [-0.3, -0.25) is 0 Å². The summed E-state index contributed by atoms with van der Waals surface area (Å²) in [5, 5.41) is 4.11. The lowest BCUT2D eigenvalue weighted by atomic mass is 9.86.